The number of guanidine groups is 1. The van der Waals surface area contributed by atoms with Gasteiger partial charge in [0.15, 0.2) is 5.96 Å². The molecule has 0 aliphatic carbocycles. The molecule has 2 N–H and O–H groups in total. The van der Waals surface area contributed by atoms with Gasteiger partial charge in [0.1, 0.15) is 12.4 Å². The van der Waals surface area contributed by atoms with Crippen molar-refractivity contribution in [2.75, 3.05) is 33.7 Å². The third-order valence-corrected chi connectivity index (χ3v) is 2.93. The molecule has 0 saturated carbocycles. The highest BCUT2D eigenvalue weighted by Crippen LogP contribution is 2.05. The lowest BCUT2D eigenvalue weighted by Crippen LogP contribution is -2.39. The Balaban J connectivity index is 0.00000484. The van der Waals surface area contributed by atoms with E-state index in [1.165, 1.54) is 11.0 Å². The van der Waals surface area contributed by atoms with Crippen molar-refractivity contribution < 1.29 is 9.18 Å². The van der Waals surface area contributed by atoms with Crippen molar-refractivity contribution in [3.63, 3.8) is 0 Å². The van der Waals surface area contributed by atoms with E-state index in [-0.39, 0.29) is 42.2 Å². The molecule has 7 heteroatoms. The Hall–Kier alpha value is -1.64. The van der Waals surface area contributed by atoms with Gasteiger partial charge in [-0.1, -0.05) is 24.3 Å². The van der Waals surface area contributed by atoms with Crippen molar-refractivity contribution in [1.29, 1.82) is 0 Å². The van der Waals surface area contributed by atoms with Gasteiger partial charge in [0.2, 0.25) is 5.91 Å². The Morgan fingerprint density at radius 1 is 1.35 bits per heavy atom. The van der Waals surface area contributed by atoms with Crippen LogP contribution in [0.5, 0.6) is 0 Å². The molecule has 5 nitrogen and oxygen atoms in total. The monoisotopic (exact) mass is 434 g/mol. The lowest BCUT2D eigenvalue weighted by molar-refractivity contribution is -0.127. The summed E-state index contributed by atoms with van der Waals surface area (Å²) < 4.78 is 13.5. The minimum atomic E-state index is -0.218. The SMILES string of the molecule is C=CCNC(=NCC(=O)N(C)C)NCCc1ccccc1F.I. The van der Waals surface area contributed by atoms with Crippen molar-refractivity contribution in [2.24, 2.45) is 4.99 Å². The smallest absolute Gasteiger partial charge is 0.243 e. The number of benzene rings is 1. The molecule has 23 heavy (non-hydrogen) atoms. The lowest BCUT2D eigenvalue weighted by atomic mass is 10.1. The summed E-state index contributed by atoms with van der Waals surface area (Å²) in [6.45, 7) is 4.72. The van der Waals surface area contributed by atoms with Crippen molar-refractivity contribution in [3.8, 4) is 0 Å². The second kappa shape index (κ2) is 11.9. The largest absolute Gasteiger partial charge is 0.356 e. The van der Waals surface area contributed by atoms with Crippen LogP contribution in [0.2, 0.25) is 0 Å². The van der Waals surface area contributed by atoms with Crippen LogP contribution in [0, 0.1) is 5.82 Å². The van der Waals surface area contributed by atoms with Crippen LogP contribution in [0.1, 0.15) is 5.56 Å². The molecule has 1 rings (SSSR count). The molecule has 0 aromatic heterocycles. The van der Waals surface area contributed by atoms with Gasteiger partial charge in [-0.2, -0.15) is 0 Å². The number of hydrogen-bond acceptors (Lipinski definition) is 2. The van der Waals surface area contributed by atoms with Crippen LogP contribution in [-0.4, -0.2) is 50.5 Å². The first-order chi connectivity index (χ1) is 10.5. The summed E-state index contributed by atoms with van der Waals surface area (Å²) in [5.74, 6) is 0.199. The molecule has 0 spiro atoms. The van der Waals surface area contributed by atoms with Crippen LogP contribution in [0.25, 0.3) is 0 Å². The number of nitrogens with one attached hydrogen (secondary N) is 2. The molecule has 1 aromatic carbocycles. The number of rotatable bonds is 7. The van der Waals surface area contributed by atoms with Crippen molar-refractivity contribution >= 4 is 35.8 Å². The Morgan fingerprint density at radius 2 is 2.04 bits per heavy atom. The maximum Gasteiger partial charge on any atom is 0.243 e. The first kappa shape index (κ1) is 21.4. The molecule has 1 amide bonds. The Kier molecular flexibility index (Phi) is 11.0. The number of hydrogen-bond donors (Lipinski definition) is 2. The fourth-order valence-corrected chi connectivity index (χ4v) is 1.65. The van der Waals surface area contributed by atoms with E-state index >= 15 is 0 Å². The van der Waals surface area contributed by atoms with E-state index in [0.29, 0.717) is 31.0 Å². The van der Waals surface area contributed by atoms with Crippen molar-refractivity contribution in [2.45, 2.75) is 6.42 Å². The second-order valence-electron chi connectivity index (χ2n) is 4.89. The number of carbonyl (C=O) groups excluding carboxylic acids is 1. The first-order valence-electron chi connectivity index (χ1n) is 7.11. The average molecular weight is 434 g/mol. The van der Waals surface area contributed by atoms with Gasteiger partial charge < -0.3 is 15.5 Å². The van der Waals surface area contributed by atoms with E-state index in [9.17, 15) is 9.18 Å². The summed E-state index contributed by atoms with van der Waals surface area (Å²) in [7, 11) is 3.36. The molecule has 0 bridgehead atoms. The summed E-state index contributed by atoms with van der Waals surface area (Å²) in [4.78, 5) is 17.2. The topological polar surface area (TPSA) is 56.7 Å². The van der Waals surface area contributed by atoms with Gasteiger partial charge in [0.25, 0.3) is 0 Å². The van der Waals surface area contributed by atoms with Gasteiger partial charge in [0.05, 0.1) is 0 Å². The molecule has 0 radical (unpaired) electrons. The molecule has 1 aromatic rings. The third-order valence-electron chi connectivity index (χ3n) is 2.93. The molecule has 0 fully saturated rings. The molecule has 0 aliphatic rings. The summed E-state index contributed by atoms with van der Waals surface area (Å²) in [6.07, 6.45) is 2.23. The molecular weight excluding hydrogens is 410 g/mol. The van der Waals surface area contributed by atoms with Crippen LogP contribution < -0.4 is 10.6 Å². The van der Waals surface area contributed by atoms with E-state index in [4.69, 9.17) is 0 Å². The minimum Gasteiger partial charge on any atom is -0.356 e. The molecule has 128 valence electrons. The van der Waals surface area contributed by atoms with Gasteiger partial charge in [-0.15, -0.1) is 30.6 Å². The summed E-state index contributed by atoms with van der Waals surface area (Å²) >= 11 is 0. The van der Waals surface area contributed by atoms with E-state index in [1.807, 2.05) is 0 Å². The van der Waals surface area contributed by atoms with E-state index in [1.54, 1.807) is 38.4 Å². The Morgan fingerprint density at radius 3 is 2.65 bits per heavy atom. The fraction of sp³-hybridized carbons (Fsp3) is 0.375. The molecule has 0 atom stereocenters. The summed E-state index contributed by atoms with van der Waals surface area (Å²) in [5.41, 5.74) is 0.641. The molecular formula is C16H24FIN4O. The zero-order valence-corrected chi connectivity index (χ0v) is 15.8. The van der Waals surface area contributed by atoms with Crippen LogP contribution in [0.3, 0.4) is 0 Å². The summed E-state index contributed by atoms with van der Waals surface area (Å²) in [5, 5.41) is 6.10. The number of halogens is 2. The fourth-order valence-electron chi connectivity index (χ4n) is 1.65. The lowest BCUT2D eigenvalue weighted by Gasteiger charge is -2.13. The van der Waals surface area contributed by atoms with Gasteiger partial charge in [-0.25, -0.2) is 9.38 Å². The van der Waals surface area contributed by atoms with E-state index in [2.05, 4.69) is 22.2 Å². The second-order valence-corrected chi connectivity index (χ2v) is 4.89. The van der Waals surface area contributed by atoms with Crippen molar-refractivity contribution in [3.05, 3.63) is 48.3 Å². The standard InChI is InChI=1S/C16H23FN4O.HI/c1-4-10-18-16(20-12-15(22)21(2)3)19-11-9-13-7-5-6-8-14(13)17;/h4-8H,1,9-12H2,2-3H3,(H2,18,19,20);1H. The molecule has 0 aliphatic heterocycles. The average Bonchev–Trinajstić information content (AvgIpc) is 2.50. The maximum atomic E-state index is 13.5. The molecule has 0 heterocycles. The highest BCUT2D eigenvalue weighted by atomic mass is 127. The zero-order chi connectivity index (χ0) is 16.4. The number of amides is 1. The van der Waals surface area contributed by atoms with Crippen LogP contribution in [-0.2, 0) is 11.2 Å². The number of carbonyl (C=O) groups is 1. The van der Waals surface area contributed by atoms with Gasteiger partial charge in [0, 0.05) is 27.2 Å². The highest BCUT2D eigenvalue weighted by Gasteiger charge is 2.05. The third kappa shape index (κ3) is 8.53. The number of nitrogens with zero attached hydrogens (tertiary/aromatic N) is 2. The van der Waals surface area contributed by atoms with E-state index in [0.717, 1.165) is 0 Å². The molecule has 0 saturated heterocycles. The van der Waals surface area contributed by atoms with Gasteiger partial charge in [-0.3, -0.25) is 4.79 Å². The maximum absolute atomic E-state index is 13.5. The van der Waals surface area contributed by atoms with Crippen LogP contribution in [0.15, 0.2) is 41.9 Å². The van der Waals surface area contributed by atoms with Crippen LogP contribution in [0.4, 0.5) is 4.39 Å². The van der Waals surface area contributed by atoms with Crippen LogP contribution >= 0.6 is 24.0 Å². The predicted octanol–water partition coefficient (Wildman–Crippen LogP) is 1.80. The zero-order valence-electron chi connectivity index (χ0n) is 13.5. The van der Waals surface area contributed by atoms with Crippen molar-refractivity contribution in [1.82, 2.24) is 15.5 Å². The number of aliphatic imine (C=N–C) groups is 1. The Bertz CT molecular complexity index is 535. The van der Waals surface area contributed by atoms with Gasteiger partial charge >= 0.3 is 0 Å². The van der Waals surface area contributed by atoms with Gasteiger partial charge in [-0.05, 0) is 18.1 Å². The Labute approximate surface area is 154 Å². The first-order valence-corrected chi connectivity index (χ1v) is 7.11. The minimum absolute atomic E-state index is 0. The highest BCUT2D eigenvalue weighted by molar-refractivity contribution is 14.0. The number of likely N-dealkylation sites (N-methyl/N-ethyl adjacent to an activating group) is 1. The quantitative estimate of drug-likeness (QED) is 0.298. The van der Waals surface area contributed by atoms with E-state index < -0.39 is 0 Å². The summed E-state index contributed by atoms with van der Waals surface area (Å²) in [6, 6.07) is 6.66. The predicted molar refractivity (Wildman–Crippen MR) is 103 cm³/mol. The normalized spacial score (nSPS) is 10.5. The molecule has 0 unspecified atom stereocenters.